The van der Waals surface area contributed by atoms with Crippen LogP contribution in [0.25, 0.3) is 5.65 Å². The van der Waals surface area contributed by atoms with Crippen molar-refractivity contribution < 1.29 is 36.1 Å². The highest BCUT2D eigenvalue weighted by Crippen LogP contribution is 2.44. The summed E-state index contributed by atoms with van der Waals surface area (Å²) in [5, 5.41) is 14.2. The Hall–Kier alpha value is -3.58. The number of carbonyl (C=O) groups is 2. The molecule has 14 heteroatoms. The van der Waals surface area contributed by atoms with Gasteiger partial charge < -0.3 is 15.2 Å². The number of nitrogens with zero attached hydrogens (tertiary/aromatic N) is 4. The standard InChI is InChI=1S/C29H33F5N6O3/c1-15(29(32,33)34)10-23(41)37-24(16-2-3-16)19-11-22-36-21(13-40(22)35-12-19)26(18-6-8-28(30,31)9-7-18)38-27(42)20-14-43-39-25(20)17-4-5-17/h11-18,24,26H,2-10H2,1H3,(H,37,41)(H,38,42)/t15-,24?,26-/m0/s1. The zero-order valence-electron chi connectivity index (χ0n) is 23.5. The van der Waals surface area contributed by atoms with Crippen LogP contribution in [0.5, 0.6) is 0 Å². The van der Waals surface area contributed by atoms with Gasteiger partial charge in [-0.25, -0.2) is 18.3 Å². The molecule has 0 aliphatic heterocycles. The lowest BCUT2D eigenvalue weighted by Gasteiger charge is -2.33. The van der Waals surface area contributed by atoms with E-state index in [4.69, 9.17) is 9.51 Å². The average molecular weight is 609 g/mol. The molecule has 3 atom stereocenters. The normalized spacial score (nSPS) is 21.3. The van der Waals surface area contributed by atoms with Crippen molar-refractivity contribution in [2.45, 2.75) is 94.8 Å². The van der Waals surface area contributed by atoms with Crippen molar-refractivity contribution >= 4 is 17.5 Å². The second-order valence-corrected chi connectivity index (χ2v) is 12.3. The van der Waals surface area contributed by atoms with E-state index in [1.807, 2.05) is 0 Å². The van der Waals surface area contributed by atoms with Crippen LogP contribution in [0.1, 0.15) is 110 Å². The minimum atomic E-state index is -4.47. The third-order valence-electron chi connectivity index (χ3n) is 8.82. The number of aromatic nitrogens is 4. The number of carbonyl (C=O) groups excluding carboxylic acids is 2. The smallest absolute Gasteiger partial charge is 0.364 e. The van der Waals surface area contributed by atoms with Crippen LogP contribution in [-0.4, -0.2) is 43.7 Å². The van der Waals surface area contributed by atoms with Gasteiger partial charge in [-0.05, 0) is 62.0 Å². The van der Waals surface area contributed by atoms with E-state index < -0.39 is 48.3 Å². The van der Waals surface area contributed by atoms with Crippen LogP contribution >= 0.6 is 0 Å². The molecular weight excluding hydrogens is 575 g/mol. The van der Waals surface area contributed by atoms with E-state index in [2.05, 4.69) is 20.9 Å². The van der Waals surface area contributed by atoms with Crippen molar-refractivity contribution in [1.82, 2.24) is 30.4 Å². The molecule has 0 spiro atoms. The number of rotatable bonds is 10. The highest BCUT2D eigenvalue weighted by molar-refractivity contribution is 5.95. The Morgan fingerprint density at radius 3 is 2.42 bits per heavy atom. The molecule has 9 nitrogen and oxygen atoms in total. The average Bonchev–Trinajstić information content (AvgIpc) is 3.88. The van der Waals surface area contributed by atoms with Crippen molar-refractivity contribution in [2.24, 2.45) is 17.8 Å². The van der Waals surface area contributed by atoms with Crippen molar-refractivity contribution in [3.05, 3.63) is 47.2 Å². The number of amides is 2. The van der Waals surface area contributed by atoms with E-state index in [1.54, 1.807) is 18.5 Å². The van der Waals surface area contributed by atoms with Gasteiger partial charge in [-0.2, -0.15) is 18.3 Å². The molecule has 3 heterocycles. The maximum atomic E-state index is 14.0. The zero-order valence-corrected chi connectivity index (χ0v) is 23.5. The summed E-state index contributed by atoms with van der Waals surface area (Å²) in [5.41, 5.74) is 2.37. The zero-order chi connectivity index (χ0) is 30.5. The summed E-state index contributed by atoms with van der Waals surface area (Å²) in [6.45, 7) is 0.976. The SMILES string of the molecule is C[C@@H](CC(=O)NC(c1cnn2cc([C@@H](NC(=O)c3conc3C3CC3)C3CCC(F)(F)CC3)nc2c1)C1CC1)C(F)(F)F. The van der Waals surface area contributed by atoms with Gasteiger partial charge in [-0.15, -0.1) is 0 Å². The van der Waals surface area contributed by atoms with Gasteiger partial charge in [-0.1, -0.05) is 12.1 Å². The number of halogens is 5. The van der Waals surface area contributed by atoms with Gasteiger partial charge in [0.2, 0.25) is 11.8 Å². The summed E-state index contributed by atoms with van der Waals surface area (Å²) >= 11 is 0. The molecule has 0 bridgehead atoms. The molecule has 2 N–H and O–H groups in total. The molecule has 1 unspecified atom stereocenters. The predicted molar refractivity (Wildman–Crippen MR) is 142 cm³/mol. The monoisotopic (exact) mass is 608 g/mol. The van der Waals surface area contributed by atoms with Gasteiger partial charge in [0, 0.05) is 25.2 Å². The molecule has 0 radical (unpaired) electrons. The van der Waals surface area contributed by atoms with Crippen LogP contribution in [0.4, 0.5) is 22.0 Å². The van der Waals surface area contributed by atoms with E-state index in [0.717, 1.165) is 32.6 Å². The molecule has 2 amide bonds. The summed E-state index contributed by atoms with van der Waals surface area (Å²) in [4.78, 5) is 30.6. The first-order valence-corrected chi connectivity index (χ1v) is 14.7. The number of hydrogen-bond donors (Lipinski definition) is 2. The van der Waals surface area contributed by atoms with Gasteiger partial charge in [0.15, 0.2) is 5.65 Å². The summed E-state index contributed by atoms with van der Waals surface area (Å²) in [6, 6.07) is 0.515. The lowest BCUT2D eigenvalue weighted by atomic mass is 9.81. The van der Waals surface area contributed by atoms with E-state index in [1.165, 1.54) is 10.8 Å². The fourth-order valence-corrected chi connectivity index (χ4v) is 5.87. The van der Waals surface area contributed by atoms with Crippen molar-refractivity contribution in [1.29, 1.82) is 0 Å². The van der Waals surface area contributed by atoms with Crippen LogP contribution in [-0.2, 0) is 4.79 Å². The van der Waals surface area contributed by atoms with Crippen LogP contribution in [0.2, 0.25) is 0 Å². The molecule has 3 aromatic heterocycles. The largest absolute Gasteiger partial charge is 0.392 e. The molecule has 6 rings (SSSR count). The van der Waals surface area contributed by atoms with E-state index in [-0.39, 0.29) is 43.4 Å². The molecule has 3 aromatic rings. The highest BCUT2D eigenvalue weighted by atomic mass is 19.4. The van der Waals surface area contributed by atoms with Crippen LogP contribution in [0.3, 0.4) is 0 Å². The topological polar surface area (TPSA) is 114 Å². The lowest BCUT2D eigenvalue weighted by Crippen LogP contribution is -2.37. The molecule has 43 heavy (non-hydrogen) atoms. The summed E-state index contributed by atoms with van der Waals surface area (Å²) < 4.78 is 73.6. The Bertz CT molecular complexity index is 1490. The van der Waals surface area contributed by atoms with Gasteiger partial charge in [0.1, 0.15) is 11.8 Å². The first kappa shape index (κ1) is 29.5. The third-order valence-corrected chi connectivity index (χ3v) is 8.82. The molecule has 232 valence electrons. The van der Waals surface area contributed by atoms with Crippen LogP contribution in [0, 0.1) is 17.8 Å². The second-order valence-electron chi connectivity index (χ2n) is 12.3. The van der Waals surface area contributed by atoms with Crippen LogP contribution < -0.4 is 10.6 Å². The van der Waals surface area contributed by atoms with Crippen molar-refractivity contribution in [2.75, 3.05) is 0 Å². The Kier molecular flexibility index (Phi) is 7.66. The summed E-state index contributed by atoms with van der Waals surface area (Å²) in [6.07, 6.45) is 2.60. The first-order valence-electron chi connectivity index (χ1n) is 14.7. The number of alkyl halides is 5. The minimum absolute atomic E-state index is 0.0731. The molecule has 3 fully saturated rings. The van der Waals surface area contributed by atoms with E-state index in [0.29, 0.717) is 28.2 Å². The van der Waals surface area contributed by atoms with Gasteiger partial charge in [0.25, 0.3) is 5.91 Å². The fourth-order valence-electron chi connectivity index (χ4n) is 5.87. The van der Waals surface area contributed by atoms with E-state index >= 15 is 0 Å². The molecule has 0 saturated heterocycles. The number of imidazole rings is 1. The Morgan fingerprint density at radius 2 is 1.77 bits per heavy atom. The molecule has 3 aliphatic carbocycles. The van der Waals surface area contributed by atoms with Crippen molar-refractivity contribution in [3.63, 3.8) is 0 Å². The van der Waals surface area contributed by atoms with Crippen molar-refractivity contribution in [3.8, 4) is 0 Å². The number of fused-ring (bicyclic) bond motifs is 1. The van der Waals surface area contributed by atoms with Gasteiger partial charge in [0.05, 0.1) is 41.8 Å². The Labute approximate surface area is 244 Å². The predicted octanol–water partition coefficient (Wildman–Crippen LogP) is 6.05. The Morgan fingerprint density at radius 1 is 1.07 bits per heavy atom. The summed E-state index contributed by atoms with van der Waals surface area (Å²) in [5.74, 6) is -5.69. The highest BCUT2D eigenvalue weighted by Gasteiger charge is 2.41. The minimum Gasteiger partial charge on any atom is -0.364 e. The lowest BCUT2D eigenvalue weighted by molar-refractivity contribution is -0.174. The number of nitrogens with one attached hydrogen (secondary N) is 2. The number of hydrogen-bond acceptors (Lipinski definition) is 6. The first-order chi connectivity index (χ1) is 20.4. The fraction of sp³-hybridized carbons (Fsp3) is 0.621. The second kappa shape index (κ2) is 11.2. The third kappa shape index (κ3) is 6.67. The quantitative estimate of drug-likeness (QED) is 0.271. The van der Waals surface area contributed by atoms with Gasteiger partial charge in [-0.3, -0.25) is 9.59 Å². The maximum Gasteiger partial charge on any atom is 0.392 e. The van der Waals surface area contributed by atoms with Gasteiger partial charge >= 0.3 is 6.18 Å². The molecule has 3 saturated carbocycles. The molecular formula is C29H33F5N6O3. The molecule has 3 aliphatic rings. The molecule has 0 aromatic carbocycles. The van der Waals surface area contributed by atoms with Crippen LogP contribution in [0.15, 0.2) is 29.2 Å². The Balaban J connectivity index is 1.25. The van der Waals surface area contributed by atoms with E-state index in [9.17, 15) is 31.5 Å². The maximum absolute atomic E-state index is 14.0. The summed E-state index contributed by atoms with van der Waals surface area (Å²) in [7, 11) is 0.